The molecule has 17 heavy (non-hydrogen) atoms. The molecule has 1 saturated heterocycles. The summed E-state index contributed by atoms with van der Waals surface area (Å²) in [6, 6.07) is -0.985. The van der Waals surface area contributed by atoms with E-state index in [4.69, 9.17) is 10.5 Å². The van der Waals surface area contributed by atoms with Gasteiger partial charge in [-0.3, -0.25) is 4.79 Å². The van der Waals surface area contributed by atoms with Gasteiger partial charge in [0.15, 0.2) is 0 Å². The molecule has 1 unspecified atom stereocenters. The molecule has 0 radical (unpaired) electrons. The van der Waals surface area contributed by atoms with E-state index >= 15 is 0 Å². The van der Waals surface area contributed by atoms with E-state index in [1.807, 2.05) is 20.8 Å². The Labute approximate surface area is 102 Å². The Balaban J connectivity index is 2.89. The van der Waals surface area contributed by atoms with E-state index in [0.29, 0.717) is 18.8 Å². The molecular formula is C12H22N2O3. The second kappa shape index (κ2) is 5.49. The number of hydrogen-bond acceptors (Lipinski definition) is 4. The number of amides is 1. The minimum absolute atomic E-state index is 0.000324. The van der Waals surface area contributed by atoms with Crippen molar-refractivity contribution in [2.75, 3.05) is 7.11 Å². The summed E-state index contributed by atoms with van der Waals surface area (Å²) in [5, 5.41) is 0. The fourth-order valence-corrected chi connectivity index (χ4v) is 2.36. The molecule has 0 aliphatic carbocycles. The van der Waals surface area contributed by atoms with Crippen molar-refractivity contribution in [2.45, 2.75) is 51.7 Å². The first kappa shape index (κ1) is 14.0. The van der Waals surface area contributed by atoms with Gasteiger partial charge in [-0.25, -0.2) is 4.79 Å². The summed E-state index contributed by atoms with van der Waals surface area (Å²) in [5.74, 6) is -0.183. The van der Waals surface area contributed by atoms with Gasteiger partial charge in [0.1, 0.15) is 6.04 Å². The molecule has 0 aromatic rings. The highest BCUT2D eigenvalue weighted by Crippen LogP contribution is 2.24. The van der Waals surface area contributed by atoms with Crippen LogP contribution in [0.3, 0.4) is 0 Å². The molecule has 1 fully saturated rings. The third-order valence-electron chi connectivity index (χ3n) is 3.15. The first-order valence-electron chi connectivity index (χ1n) is 6.04. The molecule has 0 spiro atoms. The van der Waals surface area contributed by atoms with Crippen LogP contribution in [0.5, 0.6) is 0 Å². The number of nitrogens with two attached hydrogens (primary N) is 1. The van der Waals surface area contributed by atoms with Gasteiger partial charge in [0.05, 0.1) is 13.2 Å². The molecule has 0 aromatic carbocycles. The molecule has 1 rings (SSSR count). The number of methoxy groups -OCH3 is 1. The smallest absolute Gasteiger partial charge is 0.328 e. The van der Waals surface area contributed by atoms with Crippen LogP contribution in [0, 0.1) is 5.92 Å². The zero-order valence-corrected chi connectivity index (χ0v) is 11.0. The molecule has 98 valence electrons. The second-order valence-electron chi connectivity index (χ2n) is 5.11. The lowest BCUT2D eigenvalue weighted by molar-refractivity contribution is -0.153. The maximum Gasteiger partial charge on any atom is 0.328 e. The van der Waals surface area contributed by atoms with Crippen molar-refractivity contribution >= 4 is 11.9 Å². The van der Waals surface area contributed by atoms with Crippen molar-refractivity contribution < 1.29 is 14.3 Å². The maximum absolute atomic E-state index is 12.0. The van der Waals surface area contributed by atoms with Gasteiger partial charge in [0.2, 0.25) is 5.91 Å². The Morgan fingerprint density at radius 2 is 2.18 bits per heavy atom. The third-order valence-corrected chi connectivity index (χ3v) is 3.15. The Hall–Kier alpha value is -1.10. The molecule has 0 saturated carbocycles. The minimum atomic E-state index is -0.504. The summed E-state index contributed by atoms with van der Waals surface area (Å²) in [6.07, 6.45) is 1.21. The Bertz CT molecular complexity index is 304. The van der Waals surface area contributed by atoms with Crippen molar-refractivity contribution in [1.82, 2.24) is 4.90 Å². The molecule has 0 bridgehead atoms. The lowest BCUT2D eigenvalue weighted by Gasteiger charge is -2.30. The number of esters is 1. The van der Waals surface area contributed by atoms with E-state index in [1.54, 1.807) is 4.90 Å². The minimum Gasteiger partial charge on any atom is -0.467 e. The van der Waals surface area contributed by atoms with E-state index in [1.165, 1.54) is 7.11 Å². The van der Waals surface area contributed by atoms with Gasteiger partial charge in [-0.2, -0.15) is 0 Å². The van der Waals surface area contributed by atoms with E-state index in [9.17, 15) is 9.59 Å². The molecule has 2 N–H and O–H groups in total. The molecule has 5 heteroatoms. The molecule has 1 heterocycles. The van der Waals surface area contributed by atoms with Gasteiger partial charge in [0.25, 0.3) is 0 Å². The number of likely N-dealkylation sites (tertiary alicyclic amines) is 1. The van der Waals surface area contributed by atoms with Crippen LogP contribution in [0.4, 0.5) is 0 Å². The van der Waals surface area contributed by atoms with Crippen LogP contribution in [-0.4, -0.2) is 42.0 Å². The van der Waals surface area contributed by atoms with Crippen LogP contribution in [0.25, 0.3) is 0 Å². The van der Waals surface area contributed by atoms with E-state index in [0.717, 1.165) is 0 Å². The predicted molar refractivity (Wildman–Crippen MR) is 64.2 cm³/mol. The monoisotopic (exact) mass is 242 g/mol. The molecule has 5 nitrogen and oxygen atoms in total. The zero-order chi connectivity index (χ0) is 13.2. The van der Waals surface area contributed by atoms with Crippen molar-refractivity contribution in [3.63, 3.8) is 0 Å². The van der Waals surface area contributed by atoms with Crippen molar-refractivity contribution in [1.29, 1.82) is 0 Å². The predicted octanol–water partition coefficient (Wildman–Crippen LogP) is 0.522. The van der Waals surface area contributed by atoms with Crippen molar-refractivity contribution in [3.8, 4) is 0 Å². The standard InChI is InChI=1S/C12H22N2O3/c1-7(2)5-10(12(16)17-4)14-8(3)6-9(13)11(14)15/h7-10H,5-6,13H2,1-4H3/t8?,9-,10-/m0/s1. The van der Waals surface area contributed by atoms with E-state index in [-0.39, 0.29) is 17.9 Å². The molecule has 1 aliphatic rings. The van der Waals surface area contributed by atoms with Crippen molar-refractivity contribution in [2.24, 2.45) is 11.7 Å². The summed E-state index contributed by atoms with van der Waals surface area (Å²) in [7, 11) is 1.35. The van der Waals surface area contributed by atoms with Gasteiger partial charge >= 0.3 is 5.97 Å². The maximum atomic E-state index is 12.0. The summed E-state index contributed by atoms with van der Waals surface area (Å²) < 4.78 is 4.78. The first-order valence-corrected chi connectivity index (χ1v) is 6.04. The fourth-order valence-electron chi connectivity index (χ4n) is 2.36. The largest absolute Gasteiger partial charge is 0.467 e. The van der Waals surface area contributed by atoms with E-state index < -0.39 is 12.1 Å². The summed E-state index contributed by atoms with van der Waals surface area (Å²) in [5.41, 5.74) is 5.73. The highest BCUT2D eigenvalue weighted by Gasteiger charge is 2.42. The molecule has 1 amide bonds. The molecule has 0 aromatic heterocycles. The van der Waals surface area contributed by atoms with Crippen LogP contribution in [0.2, 0.25) is 0 Å². The van der Waals surface area contributed by atoms with Gasteiger partial charge in [-0.05, 0) is 25.7 Å². The fraction of sp³-hybridized carbons (Fsp3) is 0.833. The highest BCUT2D eigenvalue weighted by molar-refractivity contribution is 5.89. The van der Waals surface area contributed by atoms with Crippen LogP contribution in [-0.2, 0) is 14.3 Å². The number of hydrogen-bond donors (Lipinski definition) is 1. The quantitative estimate of drug-likeness (QED) is 0.730. The average molecular weight is 242 g/mol. The normalized spacial score (nSPS) is 26.5. The third kappa shape index (κ3) is 2.97. The van der Waals surface area contributed by atoms with Crippen LogP contribution < -0.4 is 5.73 Å². The van der Waals surface area contributed by atoms with Crippen LogP contribution in [0.15, 0.2) is 0 Å². The lowest BCUT2D eigenvalue weighted by atomic mass is 10.0. The summed E-state index contributed by atoms with van der Waals surface area (Å²) in [4.78, 5) is 25.3. The number of ether oxygens (including phenoxy) is 1. The number of carbonyl (C=O) groups excluding carboxylic acids is 2. The Morgan fingerprint density at radius 3 is 2.53 bits per heavy atom. The van der Waals surface area contributed by atoms with Gasteiger partial charge in [0, 0.05) is 6.04 Å². The summed E-state index contributed by atoms with van der Waals surface area (Å²) in [6.45, 7) is 5.95. The molecule has 1 aliphatic heterocycles. The van der Waals surface area contributed by atoms with Gasteiger partial charge in [-0.1, -0.05) is 13.8 Å². The molecule has 3 atom stereocenters. The average Bonchev–Trinajstić information content (AvgIpc) is 2.49. The Kier molecular flexibility index (Phi) is 4.51. The highest BCUT2D eigenvalue weighted by atomic mass is 16.5. The zero-order valence-electron chi connectivity index (χ0n) is 11.0. The van der Waals surface area contributed by atoms with Gasteiger partial charge < -0.3 is 15.4 Å². The number of rotatable bonds is 4. The number of carbonyl (C=O) groups is 2. The van der Waals surface area contributed by atoms with E-state index in [2.05, 4.69) is 0 Å². The summed E-state index contributed by atoms with van der Waals surface area (Å²) >= 11 is 0. The number of nitrogens with zero attached hydrogens (tertiary/aromatic N) is 1. The second-order valence-corrected chi connectivity index (χ2v) is 5.11. The lowest BCUT2D eigenvalue weighted by Crippen LogP contribution is -2.48. The first-order chi connectivity index (χ1) is 7.88. The van der Waals surface area contributed by atoms with Crippen LogP contribution in [0.1, 0.15) is 33.6 Å². The van der Waals surface area contributed by atoms with Crippen molar-refractivity contribution in [3.05, 3.63) is 0 Å². The SMILES string of the molecule is COC(=O)[C@H](CC(C)C)N1C(=O)[C@@H](N)CC1C. The topological polar surface area (TPSA) is 72.6 Å². The Morgan fingerprint density at radius 1 is 1.59 bits per heavy atom. The van der Waals surface area contributed by atoms with Gasteiger partial charge in [-0.15, -0.1) is 0 Å². The van der Waals surface area contributed by atoms with Crippen LogP contribution >= 0.6 is 0 Å². The molecular weight excluding hydrogens is 220 g/mol.